The minimum Gasteiger partial charge on any atom is -0.481 e. The van der Waals surface area contributed by atoms with Gasteiger partial charge in [0.1, 0.15) is 5.75 Å². The van der Waals surface area contributed by atoms with E-state index < -0.39 is 16.1 Å². The third-order valence-corrected chi connectivity index (χ3v) is 4.10. The molecule has 0 saturated carbocycles. The maximum Gasteiger partial charge on any atom is 0.260 e. The molecule has 0 aliphatic heterocycles. The van der Waals surface area contributed by atoms with Crippen molar-refractivity contribution in [1.29, 1.82) is 0 Å². The Hall–Kier alpha value is -1.86. The van der Waals surface area contributed by atoms with Gasteiger partial charge >= 0.3 is 0 Å². The van der Waals surface area contributed by atoms with Crippen molar-refractivity contribution in [1.82, 2.24) is 10.0 Å². The van der Waals surface area contributed by atoms with Crippen LogP contribution in [0.25, 0.3) is 0 Å². The summed E-state index contributed by atoms with van der Waals surface area (Å²) in [5.41, 5.74) is 0. The van der Waals surface area contributed by atoms with Gasteiger partial charge in [-0.2, -0.15) is 0 Å². The predicted molar refractivity (Wildman–Crippen MR) is 85.2 cm³/mol. The molecule has 0 spiro atoms. The summed E-state index contributed by atoms with van der Waals surface area (Å²) in [6, 6.07) is 5.91. The van der Waals surface area contributed by atoms with E-state index >= 15 is 0 Å². The molecule has 0 saturated heterocycles. The monoisotopic (exact) mass is 326 g/mol. The van der Waals surface area contributed by atoms with E-state index in [-0.39, 0.29) is 23.4 Å². The summed E-state index contributed by atoms with van der Waals surface area (Å²) in [7, 11) is -3.56. The predicted octanol–water partition coefficient (Wildman–Crippen LogP) is 1.44. The van der Waals surface area contributed by atoms with Crippen molar-refractivity contribution in [2.24, 2.45) is 0 Å². The number of sulfonamides is 1. The highest BCUT2D eigenvalue weighted by Gasteiger charge is 2.16. The van der Waals surface area contributed by atoms with Crippen LogP contribution in [-0.4, -0.2) is 33.0 Å². The molecule has 0 bridgehead atoms. The molecule has 0 heterocycles. The number of carbonyl (C=O) groups is 1. The molecular formula is C15H22N2O4S. The summed E-state index contributed by atoms with van der Waals surface area (Å²) >= 11 is 0. The molecule has 1 amide bonds. The van der Waals surface area contributed by atoms with Gasteiger partial charge in [-0.05, 0) is 45.0 Å². The molecule has 0 aliphatic carbocycles. The van der Waals surface area contributed by atoms with Crippen molar-refractivity contribution in [2.45, 2.75) is 37.8 Å². The summed E-state index contributed by atoms with van der Waals surface area (Å²) in [6.45, 7) is 8.97. The van der Waals surface area contributed by atoms with Crippen LogP contribution in [0.2, 0.25) is 0 Å². The Kier molecular flexibility index (Phi) is 6.58. The van der Waals surface area contributed by atoms with Crippen LogP contribution in [0.3, 0.4) is 0 Å². The largest absolute Gasteiger partial charge is 0.481 e. The Morgan fingerprint density at radius 2 is 1.86 bits per heavy atom. The van der Waals surface area contributed by atoms with Crippen LogP contribution in [-0.2, 0) is 14.8 Å². The van der Waals surface area contributed by atoms with Crippen molar-refractivity contribution in [2.75, 3.05) is 6.54 Å². The van der Waals surface area contributed by atoms with Gasteiger partial charge in [0, 0.05) is 12.6 Å². The molecule has 6 nitrogen and oxygen atoms in total. The van der Waals surface area contributed by atoms with E-state index in [4.69, 9.17) is 4.74 Å². The first kappa shape index (κ1) is 18.2. The molecule has 0 aliphatic rings. The second-order valence-electron chi connectivity index (χ2n) is 5.04. The third kappa shape index (κ3) is 5.50. The van der Waals surface area contributed by atoms with Gasteiger partial charge in [-0.3, -0.25) is 4.79 Å². The number of amides is 1. The molecule has 0 radical (unpaired) electrons. The molecular weight excluding hydrogens is 304 g/mol. The zero-order valence-corrected chi connectivity index (χ0v) is 13.8. The van der Waals surface area contributed by atoms with Gasteiger partial charge in [0.2, 0.25) is 10.0 Å². The van der Waals surface area contributed by atoms with E-state index in [0.717, 1.165) is 0 Å². The highest BCUT2D eigenvalue weighted by atomic mass is 32.2. The second-order valence-corrected chi connectivity index (χ2v) is 6.80. The van der Waals surface area contributed by atoms with Crippen LogP contribution < -0.4 is 14.8 Å². The van der Waals surface area contributed by atoms with Crippen molar-refractivity contribution in [3.05, 3.63) is 36.9 Å². The minimum atomic E-state index is -3.56. The third-order valence-electron chi connectivity index (χ3n) is 2.66. The molecule has 1 rings (SSSR count). The average molecular weight is 326 g/mol. The molecule has 0 unspecified atom stereocenters. The minimum absolute atomic E-state index is 0.0296. The zero-order chi connectivity index (χ0) is 16.8. The molecule has 1 aromatic carbocycles. The van der Waals surface area contributed by atoms with E-state index in [0.29, 0.717) is 5.75 Å². The summed E-state index contributed by atoms with van der Waals surface area (Å²) in [5.74, 6) is 0.202. The van der Waals surface area contributed by atoms with Crippen molar-refractivity contribution in [3.63, 3.8) is 0 Å². The Morgan fingerprint density at radius 1 is 1.27 bits per heavy atom. The van der Waals surface area contributed by atoms with Crippen molar-refractivity contribution >= 4 is 15.9 Å². The van der Waals surface area contributed by atoms with E-state index in [9.17, 15) is 13.2 Å². The SMILES string of the molecule is C=CCNS(=O)(=O)c1ccc(O[C@H](C)C(=O)NC(C)C)cc1. The zero-order valence-electron chi connectivity index (χ0n) is 13.0. The number of benzene rings is 1. The molecule has 22 heavy (non-hydrogen) atoms. The Bertz CT molecular complexity index is 609. The van der Waals surface area contributed by atoms with Crippen LogP contribution in [0.15, 0.2) is 41.8 Å². The standard InChI is InChI=1S/C15H22N2O4S/c1-5-10-16-22(19,20)14-8-6-13(7-9-14)21-12(4)15(18)17-11(2)3/h5-9,11-12,16H,1,10H2,2-4H3,(H,17,18)/t12-/m1/s1. The number of hydrogen-bond donors (Lipinski definition) is 2. The summed E-state index contributed by atoms with van der Waals surface area (Å²) < 4.78 is 31.6. The quantitative estimate of drug-likeness (QED) is 0.708. The van der Waals surface area contributed by atoms with E-state index in [2.05, 4.69) is 16.6 Å². The normalized spacial score (nSPS) is 12.7. The number of hydrogen-bond acceptors (Lipinski definition) is 4. The number of nitrogens with one attached hydrogen (secondary N) is 2. The number of rotatable bonds is 8. The highest BCUT2D eigenvalue weighted by molar-refractivity contribution is 7.89. The first-order valence-electron chi connectivity index (χ1n) is 6.94. The second kappa shape index (κ2) is 7.95. The Labute approximate surface area is 131 Å². The summed E-state index contributed by atoms with van der Waals surface area (Å²) in [6.07, 6.45) is 0.799. The van der Waals surface area contributed by atoms with E-state index in [1.54, 1.807) is 6.92 Å². The Balaban J connectivity index is 2.73. The lowest BCUT2D eigenvalue weighted by Crippen LogP contribution is -2.40. The van der Waals surface area contributed by atoms with Crippen LogP contribution in [0.4, 0.5) is 0 Å². The number of ether oxygens (including phenoxy) is 1. The molecule has 1 atom stereocenters. The summed E-state index contributed by atoms with van der Waals surface area (Å²) in [5, 5.41) is 2.74. The maximum atomic E-state index is 11.9. The van der Waals surface area contributed by atoms with Crippen molar-refractivity contribution in [3.8, 4) is 5.75 Å². The lowest BCUT2D eigenvalue weighted by Gasteiger charge is -2.16. The van der Waals surface area contributed by atoms with Gasteiger partial charge < -0.3 is 10.1 Å². The summed E-state index contributed by atoms with van der Waals surface area (Å²) in [4.78, 5) is 11.9. The number of carbonyl (C=O) groups excluding carboxylic acids is 1. The molecule has 0 fully saturated rings. The fraction of sp³-hybridized carbons (Fsp3) is 0.400. The first-order chi connectivity index (χ1) is 10.3. The van der Waals surface area contributed by atoms with Gasteiger partial charge in [-0.1, -0.05) is 6.08 Å². The Morgan fingerprint density at radius 3 is 2.36 bits per heavy atom. The highest BCUT2D eigenvalue weighted by Crippen LogP contribution is 2.17. The van der Waals surface area contributed by atoms with Gasteiger partial charge in [0.05, 0.1) is 4.90 Å². The van der Waals surface area contributed by atoms with E-state index in [1.165, 1.54) is 30.3 Å². The van der Waals surface area contributed by atoms with E-state index in [1.807, 2.05) is 13.8 Å². The van der Waals surface area contributed by atoms with Crippen LogP contribution in [0, 0.1) is 0 Å². The molecule has 7 heteroatoms. The van der Waals surface area contributed by atoms with Crippen LogP contribution in [0.1, 0.15) is 20.8 Å². The van der Waals surface area contributed by atoms with Gasteiger partial charge in [-0.15, -0.1) is 6.58 Å². The first-order valence-corrected chi connectivity index (χ1v) is 8.42. The van der Waals surface area contributed by atoms with Gasteiger partial charge in [0.15, 0.2) is 6.10 Å². The average Bonchev–Trinajstić information content (AvgIpc) is 2.45. The van der Waals surface area contributed by atoms with Gasteiger partial charge in [-0.25, -0.2) is 13.1 Å². The van der Waals surface area contributed by atoms with Crippen LogP contribution >= 0.6 is 0 Å². The molecule has 122 valence electrons. The maximum absolute atomic E-state index is 11.9. The fourth-order valence-corrected chi connectivity index (χ4v) is 2.61. The van der Waals surface area contributed by atoms with Crippen LogP contribution in [0.5, 0.6) is 5.75 Å². The molecule has 2 N–H and O–H groups in total. The molecule has 0 aromatic heterocycles. The fourth-order valence-electron chi connectivity index (χ4n) is 1.61. The van der Waals surface area contributed by atoms with Gasteiger partial charge in [0.25, 0.3) is 5.91 Å². The lowest BCUT2D eigenvalue weighted by molar-refractivity contribution is -0.127. The van der Waals surface area contributed by atoms with Crippen molar-refractivity contribution < 1.29 is 17.9 Å². The smallest absolute Gasteiger partial charge is 0.260 e. The topological polar surface area (TPSA) is 84.5 Å². The lowest BCUT2D eigenvalue weighted by atomic mass is 10.3. The molecule has 1 aromatic rings.